The third kappa shape index (κ3) is 4.36. The molecule has 8 nitrogen and oxygen atoms in total. The first-order valence-corrected chi connectivity index (χ1v) is 9.94. The van der Waals surface area contributed by atoms with E-state index < -0.39 is 6.10 Å². The molecule has 2 heterocycles. The molecule has 0 aliphatic carbocycles. The number of piperazine rings is 1. The molecule has 0 spiro atoms. The molecule has 0 saturated carbocycles. The number of nitrogens with one attached hydrogen (secondary N) is 2. The fourth-order valence-corrected chi connectivity index (χ4v) is 3.68. The molecule has 2 amide bonds. The number of ether oxygens (including phenoxy) is 2. The molecule has 2 aliphatic rings. The minimum atomic E-state index is -0.646. The molecule has 2 N–H and O–H groups in total. The van der Waals surface area contributed by atoms with E-state index in [1.807, 2.05) is 18.2 Å². The fourth-order valence-electron chi connectivity index (χ4n) is 3.68. The van der Waals surface area contributed by atoms with Gasteiger partial charge in [-0.1, -0.05) is 24.3 Å². The van der Waals surface area contributed by atoms with Gasteiger partial charge >= 0.3 is 0 Å². The summed E-state index contributed by atoms with van der Waals surface area (Å²) in [6.07, 6.45) is -0.646. The van der Waals surface area contributed by atoms with Gasteiger partial charge in [0.15, 0.2) is 18.0 Å². The van der Waals surface area contributed by atoms with Gasteiger partial charge in [-0.2, -0.15) is 5.26 Å². The van der Waals surface area contributed by atoms with Crippen LogP contribution in [0.3, 0.4) is 0 Å². The first-order valence-electron chi connectivity index (χ1n) is 9.94. The predicted molar refractivity (Wildman–Crippen MR) is 108 cm³/mol. The maximum absolute atomic E-state index is 12.8. The van der Waals surface area contributed by atoms with Crippen LogP contribution in [0.5, 0.6) is 11.5 Å². The topological polar surface area (TPSA) is 96.1 Å². The van der Waals surface area contributed by atoms with E-state index in [4.69, 9.17) is 14.7 Å². The summed E-state index contributed by atoms with van der Waals surface area (Å²) in [4.78, 5) is 28.0. The van der Waals surface area contributed by atoms with Crippen LogP contribution >= 0.6 is 0 Å². The van der Waals surface area contributed by atoms with Gasteiger partial charge < -0.3 is 24.6 Å². The number of rotatable bonds is 4. The Morgan fingerprint density at radius 1 is 1.10 bits per heavy atom. The van der Waals surface area contributed by atoms with Crippen LogP contribution in [0.1, 0.15) is 5.56 Å². The highest BCUT2D eigenvalue weighted by atomic mass is 16.6. The van der Waals surface area contributed by atoms with Crippen LogP contribution in [0, 0.1) is 11.3 Å². The number of fused-ring (bicyclic) bond motifs is 1. The number of carbonyl (C=O) groups is 2. The number of nitriles is 1. The number of hydrogen-bond acceptors (Lipinski definition) is 5. The average Bonchev–Trinajstić information content (AvgIpc) is 2.79. The maximum atomic E-state index is 12.8. The molecule has 0 bridgehead atoms. The molecular formula is C22H23N4O4+. The number of hydrogen-bond donors (Lipinski definition) is 2. The minimum absolute atomic E-state index is 0.0871. The van der Waals surface area contributed by atoms with E-state index in [2.05, 4.69) is 11.4 Å². The van der Waals surface area contributed by atoms with Crippen molar-refractivity contribution in [3.63, 3.8) is 0 Å². The average molecular weight is 407 g/mol. The van der Waals surface area contributed by atoms with Crippen molar-refractivity contribution >= 4 is 17.5 Å². The van der Waals surface area contributed by atoms with E-state index in [9.17, 15) is 9.59 Å². The highest BCUT2D eigenvalue weighted by molar-refractivity contribution is 5.92. The zero-order valence-corrected chi connectivity index (χ0v) is 16.5. The Morgan fingerprint density at radius 2 is 1.80 bits per heavy atom. The van der Waals surface area contributed by atoms with Crippen LogP contribution in [0.25, 0.3) is 0 Å². The second-order valence-corrected chi connectivity index (χ2v) is 7.32. The summed E-state index contributed by atoms with van der Waals surface area (Å²) in [5.74, 6) is 1.00. The van der Waals surface area contributed by atoms with E-state index >= 15 is 0 Å². The zero-order chi connectivity index (χ0) is 20.9. The molecule has 8 heteroatoms. The third-order valence-corrected chi connectivity index (χ3v) is 5.30. The Labute approximate surface area is 174 Å². The zero-order valence-electron chi connectivity index (χ0n) is 16.5. The Kier molecular flexibility index (Phi) is 5.82. The lowest BCUT2D eigenvalue weighted by molar-refractivity contribution is -0.895. The van der Waals surface area contributed by atoms with Gasteiger partial charge in [-0.25, -0.2) is 0 Å². The summed E-state index contributed by atoms with van der Waals surface area (Å²) in [6.45, 7) is 2.93. The quantitative estimate of drug-likeness (QED) is 0.748. The Balaban J connectivity index is 1.26. The molecular weight excluding hydrogens is 384 g/mol. The predicted octanol–water partition coefficient (Wildman–Crippen LogP) is 0.0639. The Hall–Kier alpha value is -3.57. The van der Waals surface area contributed by atoms with Crippen LogP contribution in [0.15, 0.2) is 48.5 Å². The monoisotopic (exact) mass is 407 g/mol. The number of para-hydroxylation sites is 3. The molecule has 0 unspecified atom stereocenters. The molecule has 1 atom stereocenters. The number of carbonyl (C=O) groups excluding carboxylic acids is 2. The standard InChI is InChI=1S/C22H22N4O4/c23-13-16-5-1-2-6-17(16)24-21(27)14-25-9-11-26(12-10-25)22(28)20-15-29-18-7-3-4-8-19(18)30-20/h1-8,20H,9-12,14-15H2,(H,24,27)/p+1/t20-/m0/s1. The van der Waals surface area contributed by atoms with Crippen molar-refractivity contribution in [1.82, 2.24) is 4.90 Å². The lowest BCUT2D eigenvalue weighted by Crippen LogP contribution is -3.15. The smallest absolute Gasteiger partial charge is 0.279 e. The molecule has 1 fully saturated rings. The van der Waals surface area contributed by atoms with Crippen molar-refractivity contribution < 1.29 is 24.0 Å². The summed E-state index contributed by atoms with van der Waals surface area (Å²) in [5.41, 5.74) is 0.959. The molecule has 2 aromatic rings. The largest absolute Gasteiger partial charge is 0.485 e. The lowest BCUT2D eigenvalue weighted by Gasteiger charge is -2.35. The second kappa shape index (κ2) is 8.84. The van der Waals surface area contributed by atoms with Crippen molar-refractivity contribution in [2.24, 2.45) is 0 Å². The highest BCUT2D eigenvalue weighted by Gasteiger charge is 2.34. The molecule has 4 rings (SSSR count). The summed E-state index contributed by atoms with van der Waals surface area (Å²) in [6, 6.07) is 16.3. The summed E-state index contributed by atoms with van der Waals surface area (Å²) in [5, 5.41) is 11.9. The van der Waals surface area contributed by atoms with Crippen molar-refractivity contribution in [3.8, 4) is 17.6 Å². The van der Waals surface area contributed by atoms with Crippen LogP contribution in [0.4, 0.5) is 5.69 Å². The van der Waals surface area contributed by atoms with E-state index in [1.54, 1.807) is 35.2 Å². The van der Waals surface area contributed by atoms with Gasteiger partial charge in [-0.05, 0) is 24.3 Å². The highest BCUT2D eigenvalue weighted by Crippen LogP contribution is 2.31. The van der Waals surface area contributed by atoms with Gasteiger partial charge in [0.25, 0.3) is 11.8 Å². The van der Waals surface area contributed by atoms with Gasteiger partial charge in [0, 0.05) is 0 Å². The second-order valence-electron chi connectivity index (χ2n) is 7.32. The van der Waals surface area contributed by atoms with Crippen molar-refractivity contribution in [2.45, 2.75) is 6.10 Å². The molecule has 0 aromatic heterocycles. The molecule has 1 saturated heterocycles. The number of quaternary nitrogens is 1. The third-order valence-electron chi connectivity index (χ3n) is 5.30. The van der Waals surface area contributed by atoms with Crippen molar-refractivity contribution in [3.05, 3.63) is 54.1 Å². The normalized spacial score (nSPS) is 18.4. The molecule has 154 valence electrons. The van der Waals surface area contributed by atoms with Gasteiger partial charge in [0.05, 0.1) is 37.4 Å². The van der Waals surface area contributed by atoms with Gasteiger partial charge in [0.2, 0.25) is 6.10 Å². The first-order chi connectivity index (χ1) is 14.6. The van der Waals surface area contributed by atoms with E-state index in [0.29, 0.717) is 48.9 Å². The lowest BCUT2D eigenvalue weighted by atomic mass is 10.2. The molecule has 2 aromatic carbocycles. The van der Waals surface area contributed by atoms with Crippen LogP contribution in [-0.4, -0.2) is 62.1 Å². The number of nitrogens with zero attached hydrogens (tertiary/aromatic N) is 2. The van der Waals surface area contributed by atoms with E-state index in [0.717, 1.165) is 4.90 Å². The molecule has 0 radical (unpaired) electrons. The summed E-state index contributed by atoms with van der Waals surface area (Å²) < 4.78 is 11.5. The maximum Gasteiger partial charge on any atom is 0.279 e. The molecule has 30 heavy (non-hydrogen) atoms. The summed E-state index contributed by atoms with van der Waals surface area (Å²) in [7, 11) is 0. The Bertz CT molecular complexity index is 979. The van der Waals surface area contributed by atoms with Crippen LogP contribution < -0.4 is 19.7 Å². The van der Waals surface area contributed by atoms with Gasteiger partial charge in [-0.15, -0.1) is 0 Å². The Morgan fingerprint density at radius 3 is 2.57 bits per heavy atom. The van der Waals surface area contributed by atoms with E-state index in [1.165, 1.54) is 0 Å². The minimum Gasteiger partial charge on any atom is -0.485 e. The number of amides is 2. The number of benzene rings is 2. The van der Waals surface area contributed by atoms with Crippen molar-refractivity contribution in [1.29, 1.82) is 5.26 Å². The van der Waals surface area contributed by atoms with E-state index in [-0.39, 0.29) is 25.0 Å². The SMILES string of the molecule is N#Cc1ccccc1NC(=O)C[NH+]1CCN(C(=O)[C@@H]2COc3ccccc3O2)CC1. The molecule has 2 aliphatic heterocycles. The fraction of sp³-hybridized carbons (Fsp3) is 0.318. The van der Waals surface area contributed by atoms with Crippen molar-refractivity contribution in [2.75, 3.05) is 44.6 Å². The number of anilines is 1. The van der Waals surface area contributed by atoms with Crippen LogP contribution in [0.2, 0.25) is 0 Å². The van der Waals surface area contributed by atoms with Gasteiger partial charge in [-0.3, -0.25) is 9.59 Å². The first kappa shape index (κ1) is 19.7. The van der Waals surface area contributed by atoms with Gasteiger partial charge in [0.1, 0.15) is 12.7 Å². The summed E-state index contributed by atoms with van der Waals surface area (Å²) >= 11 is 0. The van der Waals surface area contributed by atoms with Crippen LogP contribution in [-0.2, 0) is 9.59 Å².